The van der Waals surface area contributed by atoms with Crippen LogP contribution in [0.5, 0.6) is 0 Å². The van der Waals surface area contributed by atoms with Gasteiger partial charge in [-0.1, -0.05) is 29.8 Å². The number of aromatic nitrogens is 2. The van der Waals surface area contributed by atoms with E-state index >= 15 is 0 Å². The Hall–Kier alpha value is -1.45. The first-order valence-electron chi connectivity index (χ1n) is 6.37. The van der Waals surface area contributed by atoms with Crippen molar-refractivity contribution in [1.29, 1.82) is 0 Å². The maximum absolute atomic E-state index is 6.16. The van der Waals surface area contributed by atoms with E-state index in [0.29, 0.717) is 6.42 Å². The second-order valence-electron chi connectivity index (χ2n) is 4.87. The highest BCUT2D eigenvalue weighted by Gasteiger charge is 2.07. The highest BCUT2D eigenvalue weighted by atomic mass is 35.5. The number of aryl methyl sites for hydroxylation is 1. The summed E-state index contributed by atoms with van der Waals surface area (Å²) in [6.07, 6.45) is 1.41. The molecule has 0 bridgehead atoms. The van der Waals surface area contributed by atoms with Gasteiger partial charge in [0.25, 0.3) is 0 Å². The van der Waals surface area contributed by atoms with Gasteiger partial charge in [0.05, 0.1) is 0 Å². The highest BCUT2D eigenvalue weighted by Crippen LogP contribution is 2.17. The van der Waals surface area contributed by atoms with Gasteiger partial charge < -0.3 is 5.73 Å². The molecule has 1 aromatic carbocycles. The van der Waals surface area contributed by atoms with Crippen LogP contribution in [0.4, 0.5) is 0 Å². The molecular formula is C15H18ClN3. The largest absolute Gasteiger partial charge is 0.328 e. The zero-order valence-corrected chi connectivity index (χ0v) is 12.0. The molecule has 1 atom stereocenters. The lowest BCUT2D eigenvalue weighted by Crippen LogP contribution is -2.19. The molecule has 0 aliphatic rings. The number of hydrogen-bond acceptors (Lipinski definition) is 3. The Labute approximate surface area is 118 Å². The Kier molecular flexibility index (Phi) is 4.51. The van der Waals surface area contributed by atoms with Gasteiger partial charge in [0.2, 0.25) is 0 Å². The smallest absolute Gasteiger partial charge is 0.133 e. The molecule has 1 aromatic heterocycles. The molecule has 1 unspecified atom stereocenters. The van der Waals surface area contributed by atoms with Crippen molar-refractivity contribution in [1.82, 2.24) is 9.97 Å². The Morgan fingerprint density at radius 2 is 2.00 bits per heavy atom. The molecule has 0 aliphatic heterocycles. The summed E-state index contributed by atoms with van der Waals surface area (Å²) < 4.78 is 0. The molecule has 2 rings (SSSR count). The van der Waals surface area contributed by atoms with E-state index in [1.807, 2.05) is 44.2 Å². The van der Waals surface area contributed by atoms with E-state index in [9.17, 15) is 0 Å². The second-order valence-corrected chi connectivity index (χ2v) is 5.27. The highest BCUT2D eigenvalue weighted by molar-refractivity contribution is 6.31. The molecule has 3 nitrogen and oxygen atoms in total. The van der Waals surface area contributed by atoms with Gasteiger partial charge >= 0.3 is 0 Å². The summed E-state index contributed by atoms with van der Waals surface area (Å²) in [5.74, 6) is 0.795. The average molecular weight is 276 g/mol. The van der Waals surface area contributed by atoms with E-state index in [0.717, 1.165) is 34.2 Å². The topological polar surface area (TPSA) is 51.8 Å². The third kappa shape index (κ3) is 4.01. The molecule has 2 aromatic rings. The van der Waals surface area contributed by atoms with Gasteiger partial charge in [-0.15, -0.1) is 0 Å². The minimum absolute atomic E-state index is 0.0995. The summed E-state index contributed by atoms with van der Waals surface area (Å²) in [5.41, 5.74) is 8.82. The van der Waals surface area contributed by atoms with Gasteiger partial charge in [-0.3, -0.25) is 0 Å². The Morgan fingerprint density at radius 3 is 2.68 bits per heavy atom. The molecule has 0 spiro atoms. The maximum Gasteiger partial charge on any atom is 0.133 e. The lowest BCUT2D eigenvalue weighted by atomic mass is 10.1. The normalized spacial score (nSPS) is 12.4. The maximum atomic E-state index is 6.16. The van der Waals surface area contributed by atoms with Crippen LogP contribution in [0.2, 0.25) is 5.02 Å². The Morgan fingerprint density at radius 1 is 1.26 bits per heavy atom. The molecule has 0 amide bonds. The summed E-state index contributed by atoms with van der Waals surface area (Å²) in [4.78, 5) is 9.03. The monoisotopic (exact) mass is 275 g/mol. The van der Waals surface area contributed by atoms with Gasteiger partial charge in [-0.05, 0) is 31.5 Å². The SMILES string of the molecule is Cc1cc(CC(C)N)nc(Cc2ccccc2Cl)n1. The zero-order chi connectivity index (χ0) is 13.8. The number of halogens is 1. The van der Waals surface area contributed by atoms with E-state index in [2.05, 4.69) is 9.97 Å². The second kappa shape index (κ2) is 6.13. The molecule has 0 fully saturated rings. The molecule has 0 aliphatic carbocycles. The van der Waals surface area contributed by atoms with Crippen molar-refractivity contribution in [3.63, 3.8) is 0 Å². The van der Waals surface area contributed by atoms with E-state index in [1.54, 1.807) is 0 Å². The molecule has 4 heteroatoms. The van der Waals surface area contributed by atoms with Crippen molar-refractivity contribution in [3.8, 4) is 0 Å². The minimum atomic E-state index is 0.0995. The predicted molar refractivity (Wildman–Crippen MR) is 78.4 cm³/mol. The summed E-state index contributed by atoms with van der Waals surface area (Å²) >= 11 is 6.16. The van der Waals surface area contributed by atoms with Gasteiger partial charge in [0.1, 0.15) is 5.82 Å². The third-order valence-corrected chi connectivity index (χ3v) is 3.16. The van der Waals surface area contributed by atoms with E-state index in [1.165, 1.54) is 0 Å². The van der Waals surface area contributed by atoms with Crippen LogP contribution < -0.4 is 5.73 Å². The number of nitrogens with two attached hydrogens (primary N) is 1. The molecule has 100 valence electrons. The van der Waals surface area contributed by atoms with Gasteiger partial charge in [0.15, 0.2) is 0 Å². The number of nitrogens with zero attached hydrogens (tertiary/aromatic N) is 2. The summed E-state index contributed by atoms with van der Waals surface area (Å²) in [6, 6.07) is 9.86. The van der Waals surface area contributed by atoms with Crippen LogP contribution in [-0.4, -0.2) is 16.0 Å². The van der Waals surface area contributed by atoms with Crippen LogP contribution >= 0.6 is 11.6 Å². The van der Waals surface area contributed by atoms with Gasteiger partial charge in [0, 0.05) is 35.3 Å². The molecule has 0 saturated heterocycles. The molecule has 1 heterocycles. The fourth-order valence-electron chi connectivity index (χ4n) is 2.03. The molecule has 2 N–H and O–H groups in total. The van der Waals surface area contributed by atoms with E-state index in [4.69, 9.17) is 17.3 Å². The van der Waals surface area contributed by atoms with Gasteiger partial charge in [-0.25, -0.2) is 9.97 Å². The molecule has 19 heavy (non-hydrogen) atoms. The quantitative estimate of drug-likeness (QED) is 0.933. The third-order valence-electron chi connectivity index (χ3n) is 2.79. The summed E-state index contributed by atoms with van der Waals surface area (Å²) in [7, 11) is 0. The number of benzene rings is 1. The van der Waals surface area contributed by atoms with Crippen molar-refractivity contribution < 1.29 is 0 Å². The van der Waals surface area contributed by atoms with Gasteiger partial charge in [-0.2, -0.15) is 0 Å². The lowest BCUT2D eigenvalue weighted by molar-refractivity contribution is 0.711. The Balaban J connectivity index is 2.25. The van der Waals surface area contributed by atoms with Crippen molar-refractivity contribution >= 4 is 11.6 Å². The van der Waals surface area contributed by atoms with Crippen LogP contribution in [-0.2, 0) is 12.8 Å². The van der Waals surface area contributed by atoms with Crippen molar-refractivity contribution in [2.45, 2.75) is 32.7 Å². The zero-order valence-electron chi connectivity index (χ0n) is 11.2. The average Bonchev–Trinajstić information content (AvgIpc) is 2.30. The van der Waals surface area contributed by atoms with Crippen LogP contribution in [0.3, 0.4) is 0 Å². The first-order valence-corrected chi connectivity index (χ1v) is 6.75. The first kappa shape index (κ1) is 14.0. The standard InChI is InChI=1S/C15H18ClN3/c1-10(17)7-13-8-11(2)18-15(19-13)9-12-5-3-4-6-14(12)16/h3-6,8,10H,7,9,17H2,1-2H3. The van der Waals surface area contributed by atoms with E-state index < -0.39 is 0 Å². The summed E-state index contributed by atoms with van der Waals surface area (Å²) in [6.45, 7) is 3.95. The summed E-state index contributed by atoms with van der Waals surface area (Å²) in [5, 5.41) is 0.751. The fraction of sp³-hybridized carbons (Fsp3) is 0.333. The van der Waals surface area contributed by atoms with E-state index in [-0.39, 0.29) is 6.04 Å². The number of hydrogen-bond donors (Lipinski definition) is 1. The molecule has 0 saturated carbocycles. The Bertz CT molecular complexity index is 567. The molecular weight excluding hydrogens is 258 g/mol. The van der Waals surface area contributed by atoms with Crippen molar-refractivity contribution in [2.24, 2.45) is 5.73 Å². The minimum Gasteiger partial charge on any atom is -0.328 e. The van der Waals surface area contributed by atoms with Crippen LogP contribution in [0.25, 0.3) is 0 Å². The first-order chi connectivity index (χ1) is 9.04. The van der Waals surface area contributed by atoms with Crippen molar-refractivity contribution in [2.75, 3.05) is 0 Å². The number of rotatable bonds is 4. The fourth-order valence-corrected chi connectivity index (χ4v) is 2.23. The predicted octanol–water partition coefficient (Wildman–Crippen LogP) is 2.92. The molecule has 0 radical (unpaired) electrons. The van der Waals surface area contributed by atoms with Crippen LogP contribution in [0, 0.1) is 6.92 Å². The van der Waals surface area contributed by atoms with Crippen LogP contribution in [0.15, 0.2) is 30.3 Å². The lowest BCUT2D eigenvalue weighted by Gasteiger charge is -2.09. The van der Waals surface area contributed by atoms with Crippen molar-refractivity contribution in [3.05, 3.63) is 58.1 Å². The van der Waals surface area contributed by atoms with Crippen LogP contribution in [0.1, 0.15) is 29.7 Å².